The Morgan fingerprint density at radius 3 is 1.07 bits per heavy atom. The van der Waals surface area contributed by atoms with Crippen LogP contribution in [0.2, 0.25) is 0 Å². The normalized spacial score (nSPS) is 13.0. The van der Waals surface area contributed by atoms with Crippen LogP contribution in [0.3, 0.4) is 0 Å². The van der Waals surface area contributed by atoms with E-state index < -0.39 is 86.2 Å². The monoisotopic (exact) mass is 592 g/mol. The molecule has 0 fully saturated rings. The summed E-state index contributed by atoms with van der Waals surface area (Å²) in [6.45, 7) is 8.41. The number of esters is 2. The molecule has 0 saturated heterocycles. The number of aromatic carboxylic acids is 2. The number of ether oxygens (including phenoxy) is 2. The van der Waals surface area contributed by atoms with Crippen molar-refractivity contribution in [3.8, 4) is 0 Å². The lowest BCUT2D eigenvalue weighted by Gasteiger charge is -2.38. The highest BCUT2D eigenvalue weighted by Gasteiger charge is 2.72. The van der Waals surface area contributed by atoms with Crippen LogP contribution in [-0.4, -0.2) is 57.6 Å². The molecule has 0 aromatic heterocycles. The van der Waals surface area contributed by atoms with Gasteiger partial charge in [-0.25, -0.2) is 19.2 Å². The maximum absolute atomic E-state index is 14.7. The van der Waals surface area contributed by atoms with Crippen LogP contribution in [0.25, 0.3) is 0 Å². The summed E-state index contributed by atoms with van der Waals surface area (Å²) in [5.74, 6) is -6.70. The van der Waals surface area contributed by atoms with Gasteiger partial charge < -0.3 is 19.7 Å². The van der Waals surface area contributed by atoms with Gasteiger partial charge in [0.2, 0.25) is 5.41 Å². The maximum atomic E-state index is 14.7. The van der Waals surface area contributed by atoms with Crippen LogP contribution >= 0.6 is 0 Å². The average molecular weight is 592 g/mol. The van der Waals surface area contributed by atoms with Crippen LogP contribution in [0.15, 0.2) is 36.4 Å². The summed E-state index contributed by atoms with van der Waals surface area (Å²) in [6, 6.07) is 1.48. The van der Waals surface area contributed by atoms with Crippen molar-refractivity contribution in [2.24, 2.45) is 0 Å². The minimum absolute atomic E-state index is 0.0325. The molecule has 0 heterocycles. The van der Waals surface area contributed by atoms with E-state index in [9.17, 15) is 55.7 Å². The average Bonchev–Trinajstić information content (AvgIpc) is 2.74. The molecule has 2 N–H and O–H groups in total. The third-order valence-electron chi connectivity index (χ3n) is 5.45. The Morgan fingerprint density at radius 1 is 0.561 bits per heavy atom. The second kappa shape index (κ2) is 10.7. The second-order valence-corrected chi connectivity index (χ2v) is 10.9. The zero-order valence-electron chi connectivity index (χ0n) is 22.6. The summed E-state index contributed by atoms with van der Waals surface area (Å²) in [5.41, 5.74) is -14.8. The molecule has 2 aromatic rings. The van der Waals surface area contributed by atoms with E-state index in [1.807, 2.05) is 0 Å². The molecule has 0 aliphatic heterocycles. The molecule has 0 bridgehead atoms. The van der Waals surface area contributed by atoms with Crippen molar-refractivity contribution in [1.29, 1.82) is 0 Å². The van der Waals surface area contributed by atoms with Gasteiger partial charge >= 0.3 is 36.2 Å². The molecule has 224 valence electrons. The first-order valence-corrected chi connectivity index (χ1v) is 11.7. The molecule has 0 spiro atoms. The van der Waals surface area contributed by atoms with Crippen LogP contribution in [-0.2, 0) is 14.9 Å². The highest BCUT2D eigenvalue weighted by Crippen LogP contribution is 2.56. The Labute approximate surface area is 229 Å². The van der Waals surface area contributed by atoms with E-state index in [0.29, 0.717) is 12.1 Å². The summed E-state index contributed by atoms with van der Waals surface area (Å²) in [6.07, 6.45) is -12.5. The number of hydrogen-bond donors (Lipinski definition) is 2. The molecular formula is C27H26F6O8. The Kier molecular flexibility index (Phi) is 8.65. The van der Waals surface area contributed by atoms with E-state index in [1.54, 1.807) is 0 Å². The lowest BCUT2D eigenvalue weighted by atomic mass is 9.71. The molecule has 0 atom stereocenters. The van der Waals surface area contributed by atoms with Crippen molar-refractivity contribution in [2.45, 2.75) is 70.5 Å². The van der Waals surface area contributed by atoms with Crippen molar-refractivity contribution in [1.82, 2.24) is 0 Å². The van der Waals surface area contributed by atoms with Crippen LogP contribution < -0.4 is 0 Å². The maximum Gasteiger partial charge on any atom is 0.411 e. The minimum Gasteiger partial charge on any atom is -0.478 e. The fraction of sp³-hybridized carbons (Fsp3) is 0.407. The first kappa shape index (κ1) is 33.1. The Morgan fingerprint density at radius 2 is 0.854 bits per heavy atom. The van der Waals surface area contributed by atoms with Crippen molar-refractivity contribution in [2.75, 3.05) is 0 Å². The Bertz CT molecular complexity index is 1270. The quantitative estimate of drug-likeness (QED) is 0.291. The number of carbonyl (C=O) groups is 4. The van der Waals surface area contributed by atoms with Crippen LogP contribution in [0, 0.1) is 0 Å². The fourth-order valence-electron chi connectivity index (χ4n) is 3.91. The lowest BCUT2D eigenvalue weighted by Crippen LogP contribution is -2.55. The zero-order chi connectivity index (χ0) is 31.9. The van der Waals surface area contributed by atoms with Gasteiger partial charge in [0.25, 0.3) is 0 Å². The molecule has 8 nitrogen and oxygen atoms in total. The first-order valence-electron chi connectivity index (χ1n) is 11.7. The van der Waals surface area contributed by atoms with Crippen molar-refractivity contribution in [3.05, 3.63) is 69.8 Å². The Hall–Kier alpha value is -4.10. The van der Waals surface area contributed by atoms with Crippen molar-refractivity contribution in [3.63, 3.8) is 0 Å². The number of carbonyl (C=O) groups excluding carboxylic acids is 2. The molecule has 41 heavy (non-hydrogen) atoms. The molecule has 0 aliphatic carbocycles. The van der Waals surface area contributed by atoms with Crippen molar-refractivity contribution < 1.29 is 65.2 Å². The number of alkyl halides is 6. The summed E-state index contributed by atoms with van der Waals surface area (Å²) in [7, 11) is 0. The predicted octanol–water partition coefficient (Wildman–Crippen LogP) is 6.40. The number of benzene rings is 2. The molecule has 2 rings (SSSR count). The fourth-order valence-corrected chi connectivity index (χ4v) is 3.91. The summed E-state index contributed by atoms with van der Waals surface area (Å²) in [4.78, 5) is 48.8. The van der Waals surface area contributed by atoms with Gasteiger partial charge in [-0.3, -0.25) is 0 Å². The van der Waals surface area contributed by atoms with Gasteiger partial charge in [-0.05, 0) is 76.9 Å². The van der Waals surface area contributed by atoms with E-state index in [-0.39, 0.29) is 24.3 Å². The SMILES string of the molecule is CC(C)(C)OC(=O)c1ccc(C(c2ccc(C(=O)OC(C)(C)C)c(C(=O)O)c2)(C(F)(F)F)C(F)(F)F)cc1C(=O)O. The van der Waals surface area contributed by atoms with Crippen LogP contribution in [0.4, 0.5) is 26.3 Å². The van der Waals surface area contributed by atoms with E-state index in [2.05, 4.69) is 0 Å². The third-order valence-corrected chi connectivity index (χ3v) is 5.45. The summed E-state index contributed by atoms with van der Waals surface area (Å²) >= 11 is 0. The highest BCUT2D eigenvalue weighted by molar-refractivity contribution is 6.03. The second-order valence-electron chi connectivity index (χ2n) is 10.9. The topological polar surface area (TPSA) is 127 Å². The number of rotatable bonds is 6. The van der Waals surface area contributed by atoms with Gasteiger partial charge in [0.05, 0.1) is 22.3 Å². The Balaban J connectivity index is 2.99. The summed E-state index contributed by atoms with van der Waals surface area (Å²) in [5, 5.41) is 19.2. The lowest BCUT2D eigenvalue weighted by molar-refractivity contribution is -0.288. The number of carboxylic acid groups (broad SMARTS) is 2. The van der Waals surface area contributed by atoms with E-state index in [1.165, 1.54) is 41.5 Å². The number of carboxylic acids is 2. The van der Waals surface area contributed by atoms with Gasteiger partial charge in [0, 0.05) is 0 Å². The van der Waals surface area contributed by atoms with E-state index >= 15 is 0 Å². The molecule has 0 saturated carbocycles. The molecule has 0 unspecified atom stereocenters. The first-order chi connectivity index (χ1) is 18.3. The molecule has 14 heteroatoms. The smallest absolute Gasteiger partial charge is 0.411 e. The third kappa shape index (κ3) is 6.80. The molecule has 2 aromatic carbocycles. The van der Waals surface area contributed by atoms with Gasteiger partial charge in [0.15, 0.2) is 0 Å². The minimum atomic E-state index is -6.24. The van der Waals surface area contributed by atoms with Gasteiger partial charge in [-0.15, -0.1) is 0 Å². The van der Waals surface area contributed by atoms with Gasteiger partial charge in [0.1, 0.15) is 11.2 Å². The largest absolute Gasteiger partial charge is 0.478 e. The number of halogens is 6. The van der Waals surface area contributed by atoms with Gasteiger partial charge in [-0.2, -0.15) is 26.3 Å². The van der Waals surface area contributed by atoms with Crippen LogP contribution in [0.1, 0.15) is 94.1 Å². The molecule has 0 radical (unpaired) electrons. The van der Waals surface area contributed by atoms with E-state index in [4.69, 9.17) is 9.47 Å². The molecule has 0 amide bonds. The van der Waals surface area contributed by atoms with Gasteiger partial charge in [-0.1, -0.05) is 12.1 Å². The predicted molar refractivity (Wildman–Crippen MR) is 130 cm³/mol. The number of hydrogen-bond acceptors (Lipinski definition) is 6. The standard InChI is InChI=1S/C27H26F6O8/c1-23(2,3)40-21(38)15-9-7-13(11-17(15)19(34)35)25(26(28,29)30,27(31,32)33)14-8-10-16(18(12-14)20(36)37)22(39)41-24(4,5)6/h7-12H,1-6H3,(H,34,35)(H,36,37). The summed E-state index contributed by atoms with van der Waals surface area (Å²) < 4.78 is 98.1. The molecular weight excluding hydrogens is 566 g/mol. The highest BCUT2D eigenvalue weighted by atomic mass is 19.4. The van der Waals surface area contributed by atoms with Crippen LogP contribution in [0.5, 0.6) is 0 Å². The zero-order valence-corrected chi connectivity index (χ0v) is 22.6. The van der Waals surface area contributed by atoms with Crippen molar-refractivity contribution >= 4 is 23.9 Å². The van der Waals surface area contributed by atoms with E-state index in [0.717, 1.165) is 0 Å². The molecule has 0 aliphatic rings.